The van der Waals surface area contributed by atoms with Gasteiger partial charge in [0.2, 0.25) is 65.0 Å². The van der Waals surface area contributed by atoms with Crippen molar-refractivity contribution in [3.63, 3.8) is 0 Å². The summed E-state index contributed by atoms with van der Waals surface area (Å²) in [7, 11) is 1.48. The van der Waals surface area contributed by atoms with Gasteiger partial charge in [-0.05, 0) is 67.4 Å². The van der Waals surface area contributed by atoms with Crippen LogP contribution in [0.2, 0.25) is 0 Å². The molecule has 0 aromatic heterocycles. The summed E-state index contributed by atoms with van der Waals surface area (Å²) in [5.74, 6) is -10.4. The van der Waals surface area contributed by atoms with Crippen LogP contribution in [0.15, 0.2) is 24.3 Å². The van der Waals surface area contributed by atoms with E-state index >= 15 is 0 Å². The predicted molar refractivity (Wildman–Crippen MR) is 253 cm³/mol. The summed E-state index contributed by atoms with van der Waals surface area (Å²) in [5.41, 5.74) is 14.0. The monoisotopic (exact) mass is 989 g/mol. The molecule has 2 heterocycles. The van der Waals surface area contributed by atoms with Crippen molar-refractivity contribution in [2.45, 2.75) is 134 Å². The van der Waals surface area contributed by atoms with Crippen LogP contribution in [-0.4, -0.2) is 144 Å². The Morgan fingerprint density at radius 1 is 0.841 bits per heavy atom. The summed E-state index contributed by atoms with van der Waals surface area (Å²) in [6.45, 7) is 6.38. The first-order chi connectivity index (χ1) is 33.4. The third kappa shape index (κ3) is 18.9. The number of likely N-dealkylation sites (tertiary alicyclic amines) is 1. The zero-order chi connectivity index (χ0) is 53.2. The molecule has 11 amide bonds. The molecule has 2 saturated heterocycles. The zero-order valence-electron chi connectivity index (χ0n) is 41.7. The summed E-state index contributed by atoms with van der Waals surface area (Å²) in [5, 5.41) is 17.5. The Hall–Kier alpha value is -6.46. The number of thioether (sulfide) groups is 1. The molecule has 3 rings (SSSR count). The van der Waals surface area contributed by atoms with Gasteiger partial charge in [-0.15, -0.1) is 0 Å². The topological polar surface area (TPSA) is 363 Å². The number of rotatable bonds is 18. The van der Waals surface area contributed by atoms with Gasteiger partial charge in [0, 0.05) is 34.3 Å². The lowest BCUT2D eigenvalue weighted by Gasteiger charge is -2.31. The van der Waals surface area contributed by atoms with Gasteiger partial charge in [0.05, 0.1) is 20.1 Å². The first kappa shape index (κ1) is 53.5. The van der Waals surface area contributed by atoms with Crippen molar-refractivity contribution in [2.24, 2.45) is 29.0 Å². The minimum absolute atomic E-state index is 0.0174. The molecule has 2 aliphatic heterocycles. The van der Waals surface area contributed by atoms with E-state index in [0.29, 0.717) is 29.5 Å². The van der Waals surface area contributed by atoms with Gasteiger partial charge < -0.3 is 64.1 Å². The molecular formula is C45H69N11O12S. The number of amides is 11. The fraction of sp³-hybridized carbons (Fsp3) is 0.622. The van der Waals surface area contributed by atoms with Crippen molar-refractivity contribution in [2.75, 3.05) is 31.7 Å². The second kappa shape index (κ2) is 28.1. The second-order valence-electron chi connectivity index (χ2n) is 17.4. The van der Waals surface area contributed by atoms with E-state index in [1.54, 1.807) is 52.0 Å². The van der Waals surface area contributed by atoms with Crippen molar-refractivity contribution in [3.05, 3.63) is 29.8 Å². The number of methoxy groups -OCH3 is 1. The van der Waals surface area contributed by atoms with Gasteiger partial charge in [0.15, 0.2) is 0 Å². The van der Waals surface area contributed by atoms with Crippen molar-refractivity contribution >= 4 is 76.7 Å². The molecule has 69 heavy (non-hydrogen) atoms. The van der Waals surface area contributed by atoms with Gasteiger partial charge in [0.25, 0.3) is 0 Å². The largest absolute Gasteiger partial charge is 0.497 e. The van der Waals surface area contributed by atoms with Crippen LogP contribution >= 0.6 is 11.8 Å². The number of nitrogens with one attached hydrogen (secondary N) is 7. The highest BCUT2D eigenvalue weighted by Gasteiger charge is 2.40. The smallest absolute Gasteiger partial charge is 0.246 e. The van der Waals surface area contributed by atoms with Crippen LogP contribution in [0.3, 0.4) is 0 Å². The molecule has 0 unspecified atom stereocenters. The highest BCUT2D eigenvalue weighted by Crippen LogP contribution is 2.22. The van der Waals surface area contributed by atoms with Gasteiger partial charge in [-0.1, -0.05) is 46.2 Å². The van der Waals surface area contributed by atoms with Crippen molar-refractivity contribution < 1.29 is 60.2 Å². The average Bonchev–Trinajstić information content (AvgIpc) is 3.80. The lowest BCUT2D eigenvalue weighted by molar-refractivity contribution is -0.142. The fourth-order valence-corrected chi connectivity index (χ4v) is 8.23. The number of benzene rings is 1. The van der Waals surface area contributed by atoms with E-state index in [1.807, 2.05) is 0 Å². The molecule has 24 heteroatoms. The molecule has 2 aliphatic rings. The van der Waals surface area contributed by atoms with Crippen LogP contribution in [0.25, 0.3) is 0 Å². The molecule has 8 atom stereocenters. The van der Waals surface area contributed by atoms with E-state index in [9.17, 15) is 52.7 Å². The van der Waals surface area contributed by atoms with Gasteiger partial charge in [0.1, 0.15) is 48.0 Å². The first-order valence-electron chi connectivity index (χ1n) is 23.9. The van der Waals surface area contributed by atoms with Crippen molar-refractivity contribution in [1.82, 2.24) is 42.1 Å². The van der Waals surface area contributed by atoms with Crippen molar-refractivity contribution in [3.8, 4) is 5.75 Å². The molecule has 1 aromatic carbocycles. The number of carbonyl (C=O) groups excluding carboxylic acids is 11. The standard InChI is InChI=1S/C45H69N11O12S/c1-6-25(4)38-44(66)51-28(15-16-34(46)57)40(62)52-31(21-35(47)58)41(63)54-32(23-69-18-8-10-37(60)50-30(42(64)55-38)20-26-11-13-27(68-5)14-12-26)45(67)56-17-7-9-33(56)43(65)53-29(19-24(2)3)39(61)49-22-36(48)59/h11-14,24-25,28-33,38H,6-10,15-23H2,1-5H3,(H2,46,57)(H2,47,58)(H2,48,59)(H,49,61)(H,50,60)(H,51,66)(H,52,62)(H,53,65)(H,54,63)(H,55,64)/t25-,28-,29-,30-,31-,32-,33-,38-/m0/s1/i23D2. The highest BCUT2D eigenvalue weighted by atomic mass is 32.2. The minimum atomic E-state index is -2.73. The van der Waals surface area contributed by atoms with Gasteiger partial charge >= 0.3 is 0 Å². The number of hydrogen-bond acceptors (Lipinski definition) is 13. The minimum Gasteiger partial charge on any atom is -0.497 e. The zero-order valence-corrected chi connectivity index (χ0v) is 40.5. The van der Waals surface area contributed by atoms with E-state index in [0.717, 1.165) is 4.90 Å². The van der Waals surface area contributed by atoms with Crippen molar-refractivity contribution in [1.29, 1.82) is 0 Å². The Labute approximate surface area is 408 Å². The highest BCUT2D eigenvalue weighted by molar-refractivity contribution is 7.99. The van der Waals surface area contributed by atoms with E-state index < -0.39 is 145 Å². The summed E-state index contributed by atoms with van der Waals surface area (Å²) in [6.07, 6.45) is -1.32. The summed E-state index contributed by atoms with van der Waals surface area (Å²) >= 11 is 0.544. The average molecular weight is 990 g/mol. The van der Waals surface area contributed by atoms with Gasteiger partial charge in [-0.3, -0.25) is 52.7 Å². The van der Waals surface area contributed by atoms with Crippen LogP contribution in [-0.2, 0) is 59.2 Å². The van der Waals surface area contributed by atoms with Crippen LogP contribution in [0.4, 0.5) is 0 Å². The van der Waals surface area contributed by atoms with E-state index in [-0.39, 0.29) is 56.7 Å². The third-order valence-electron chi connectivity index (χ3n) is 11.4. The number of nitrogens with zero attached hydrogens (tertiary/aromatic N) is 1. The van der Waals surface area contributed by atoms with E-state index in [4.69, 9.17) is 24.7 Å². The number of primary amides is 3. The summed E-state index contributed by atoms with van der Waals surface area (Å²) < 4.78 is 23.6. The maximum atomic E-state index is 14.7. The maximum absolute atomic E-state index is 14.7. The van der Waals surface area contributed by atoms with Crippen LogP contribution in [0.1, 0.15) is 93.8 Å². The Bertz CT molecular complexity index is 2120. The van der Waals surface area contributed by atoms with Crippen LogP contribution < -0.4 is 59.2 Å². The summed E-state index contributed by atoms with van der Waals surface area (Å²) in [6, 6.07) is -4.00. The number of carbonyl (C=O) groups is 11. The Balaban J connectivity index is 2.10. The van der Waals surface area contributed by atoms with Crippen LogP contribution in [0.5, 0.6) is 5.75 Å². The Morgan fingerprint density at radius 3 is 2.10 bits per heavy atom. The quantitative estimate of drug-likeness (QED) is 0.0728. The van der Waals surface area contributed by atoms with E-state index in [1.165, 1.54) is 7.11 Å². The Kier molecular flexibility index (Phi) is 21.8. The molecule has 13 N–H and O–H groups in total. The molecule has 382 valence electrons. The molecule has 0 aliphatic carbocycles. The molecule has 2 fully saturated rings. The predicted octanol–water partition coefficient (Wildman–Crippen LogP) is -2.50. The molecule has 0 radical (unpaired) electrons. The van der Waals surface area contributed by atoms with Crippen LogP contribution in [0, 0.1) is 11.8 Å². The maximum Gasteiger partial charge on any atom is 0.246 e. The number of ether oxygens (including phenoxy) is 1. The normalized spacial score (nSPS) is 24.3. The molecular weight excluding hydrogens is 919 g/mol. The number of nitrogens with two attached hydrogens (primary N) is 3. The molecule has 0 bridgehead atoms. The number of hydrogen-bond donors (Lipinski definition) is 10. The molecule has 1 aromatic rings. The summed E-state index contributed by atoms with van der Waals surface area (Å²) in [4.78, 5) is 148. The lowest BCUT2D eigenvalue weighted by Crippen LogP contribution is -2.61. The van der Waals surface area contributed by atoms with Gasteiger partial charge in [-0.2, -0.15) is 11.8 Å². The Morgan fingerprint density at radius 2 is 1.49 bits per heavy atom. The SMILES string of the molecule is [2H]C1([2H])SCCCC(=O)N[C@@H](Cc2ccc(OC)cc2)C(=O)N[C@@H]([C@@H](C)CC)C(=O)N[C@@H](CCC(N)=O)C(=O)N[C@@H](CC(N)=O)C(=O)N[C@@H]1C(=O)N1CCC[C@H]1C(=O)N[C@@H](CC(C)C)C(=O)NCC(N)=O. The molecule has 23 nitrogen and oxygen atoms in total. The lowest BCUT2D eigenvalue weighted by atomic mass is 9.96. The second-order valence-corrected chi connectivity index (χ2v) is 18.4. The van der Waals surface area contributed by atoms with E-state index in [2.05, 4.69) is 37.2 Å². The molecule has 0 saturated carbocycles. The fourth-order valence-electron chi connectivity index (χ4n) is 7.50. The third-order valence-corrected chi connectivity index (χ3v) is 12.3. The first-order valence-corrected chi connectivity index (χ1v) is 23.9. The molecule has 0 spiro atoms. The van der Waals surface area contributed by atoms with Gasteiger partial charge in [-0.25, -0.2) is 0 Å².